The molecule has 1 heterocycles. The Labute approximate surface area is 133 Å². The van der Waals surface area contributed by atoms with Crippen LogP contribution in [0.15, 0.2) is 48.5 Å². The summed E-state index contributed by atoms with van der Waals surface area (Å²) in [5.41, 5.74) is 3.93. The van der Waals surface area contributed by atoms with Gasteiger partial charge in [0.1, 0.15) is 0 Å². The van der Waals surface area contributed by atoms with Crippen LogP contribution in [-0.4, -0.2) is 4.98 Å². The number of anilines is 1. The van der Waals surface area contributed by atoms with Gasteiger partial charge in [-0.15, -0.1) is 0 Å². The number of aryl methyl sites for hydroxylation is 1. The Bertz CT molecular complexity index is 780. The zero-order valence-electron chi connectivity index (χ0n) is 11.5. The molecule has 0 fully saturated rings. The van der Waals surface area contributed by atoms with Crippen molar-refractivity contribution in [1.82, 2.24) is 4.98 Å². The Morgan fingerprint density at radius 3 is 2.48 bits per heavy atom. The zero-order chi connectivity index (χ0) is 14.8. The molecule has 106 valence electrons. The minimum absolute atomic E-state index is 0.623. The molecule has 0 bridgehead atoms. The molecular formula is C17H14Cl2N2. The minimum atomic E-state index is 0.623. The molecule has 0 atom stereocenters. The van der Waals surface area contributed by atoms with E-state index in [1.54, 1.807) is 0 Å². The number of para-hydroxylation sites is 2. The molecule has 1 N–H and O–H groups in total. The predicted octanol–water partition coefficient (Wildman–Crippen LogP) is 5.46. The average molecular weight is 317 g/mol. The number of nitrogens with zero attached hydrogens (tertiary/aromatic N) is 1. The molecule has 1 aromatic heterocycles. The van der Waals surface area contributed by atoms with Crippen molar-refractivity contribution in [3.8, 4) is 0 Å². The molecule has 0 unspecified atom stereocenters. The number of aromatic nitrogens is 1. The van der Waals surface area contributed by atoms with E-state index in [0.29, 0.717) is 16.6 Å². The molecule has 0 aliphatic heterocycles. The van der Waals surface area contributed by atoms with Gasteiger partial charge in [-0.3, -0.25) is 4.98 Å². The summed E-state index contributed by atoms with van der Waals surface area (Å²) in [7, 11) is 0. The monoisotopic (exact) mass is 316 g/mol. The second-order valence-electron chi connectivity index (χ2n) is 4.89. The van der Waals surface area contributed by atoms with Crippen molar-refractivity contribution in [2.24, 2.45) is 0 Å². The summed E-state index contributed by atoms with van der Waals surface area (Å²) in [6.45, 7) is 2.64. The van der Waals surface area contributed by atoms with E-state index in [2.05, 4.69) is 22.4 Å². The Morgan fingerprint density at radius 1 is 1.00 bits per heavy atom. The molecule has 0 saturated heterocycles. The van der Waals surface area contributed by atoms with Gasteiger partial charge in [0.2, 0.25) is 0 Å². The maximum absolute atomic E-state index is 6.19. The molecule has 0 aliphatic carbocycles. The quantitative estimate of drug-likeness (QED) is 0.693. The molecular weight excluding hydrogens is 303 g/mol. The van der Waals surface area contributed by atoms with E-state index < -0.39 is 0 Å². The summed E-state index contributed by atoms with van der Waals surface area (Å²) in [4.78, 5) is 4.55. The smallest absolute Gasteiger partial charge is 0.0721 e. The molecule has 3 rings (SSSR count). The van der Waals surface area contributed by atoms with Crippen LogP contribution in [0.1, 0.15) is 11.3 Å². The van der Waals surface area contributed by atoms with Crippen molar-refractivity contribution in [3.05, 3.63) is 69.8 Å². The second-order valence-corrected chi connectivity index (χ2v) is 5.70. The fourth-order valence-electron chi connectivity index (χ4n) is 2.39. The van der Waals surface area contributed by atoms with Crippen molar-refractivity contribution >= 4 is 39.8 Å². The van der Waals surface area contributed by atoms with Crippen molar-refractivity contribution in [1.29, 1.82) is 0 Å². The van der Waals surface area contributed by atoms with Gasteiger partial charge >= 0.3 is 0 Å². The van der Waals surface area contributed by atoms with Crippen LogP contribution < -0.4 is 5.32 Å². The average Bonchev–Trinajstić information content (AvgIpc) is 2.46. The third kappa shape index (κ3) is 2.97. The lowest BCUT2D eigenvalue weighted by molar-refractivity contribution is 1.13. The Balaban J connectivity index is 1.95. The summed E-state index contributed by atoms with van der Waals surface area (Å²) < 4.78 is 0. The zero-order valence-corrected chi connectivity index (χ0v) is 13.0. The highest BCUT2D eigenvalue weighted by molar-refractivity contribution is 6.39. The standard InChI is InChI=1S/C17H14Cl2N2/c1-11-9-12(13-5-2-3-8-16(13)21-11)10-20-17-14(18)6-4-7-15(17)19/h2-9,20H,10H2,1H3. The largest absolute Gasteiger partial charge is 0.379 e. The van der Waals surface area contributed by atoms with Crippen LogP contribution in [0.5, 0.6) is 0 Å². The van der Waals surface area contributed by atoms with E-state index in [1.807, 2.05) is 43.3 Å². The van der Waals surface area contributed by atoms with E-state index in [9.17, 15) is 0 Å². The van der Waals surface area contributed by atoms with Crippen LogP contribution in [0.25, 0.3) is 10.9 Å². The van der Waals surface area contributed by atoms with Gasteiger partial charge in [-0.2, -0.15) is 0 Å². The first kappa shape index (κ1) is 14.2. The molecule has 2 aromatic carbocycles. The highest BCUT2D eigenvalue weighted by Crippen LogP contribution is 2.30. The van der Waals surface area contributed by atoms with Crippen LogP contribution in [0.3, 0.4) is 0 Å². The molecule has 0 saturated carbocycles. The lowest BCUT2D eigenvalue weighted by atomic mass is 10.1. The van der Waals surface area contributed by atoms with Gasteiger partial charge in [0.05, 0.1) is 21.2 Å². The number of pyridine rings is 1. The van der Waals surface area contributed by atoms with Crippen LogP contribution in [0.4, 0.5) is 5.69 Å². The maximum Gasteiger partial charge on any atom is 0.0721 e. The first-order valence-electron chi connectivity index (χ1n) is 6.68. The molecule has 21 heavy (non-hydrogen) atoms. The van der Waals surface area contributed by atoms with Gasteiger partial charge in [-0.05, 0) is 36.8 Å². The van der Waals surface area contributed by atoms with Crippen LogP contribution >= 0.6 is 23.2 Å². The lowest BCUT2D eigenvalue weighted by Gasteiger charge is -2.12. The molecule has 3 aromatic rings. The molecule has 4 heteroatoms. The number of hydrogen-bond acceptors (Lipinski definition) is 2. The summed E-state index contributed by atoms with van der Waals surface area (Å²) in [5.74, 6) is 0. The van der Waals surface area contributed by atoms with E-state index in [1.165, 1.54) is 5.56 Å². The summed E-state index contributed by atoms with van der Waals surface area (Å²) in [5, 5.41) is 5.71. The number of fused-ring (bicyclic) bond motifs is 1. The van der Waals surface area contributed by atoms with Crippen molar-refractivity contribution in [2.75, 3.05) is 5.32 Å². The van der Waals surface area contributed by atoms with Gasteiger partial charge in [0, 0.05) is 17.6 Å². The molecule has 2 nitrogen and oxygen atoms in total. The van der Waals surface area contributed by atoms with Gasteiger partial charge in [-0.25, -0.2) is 0 Å². The molecule has 0 amide bonds. The number of nitrogens with one attached hydrogen (secondary N) is 1. The van der Waals surface area contributed by atoms with Gasteiger partial charge in [0.25, 0.3) is 0 Å². The van der Waals surface area contributed by atoms with Crippen LogP contribution in [0, 0.1) is 6.92 Å². The number of halogens is 2. The first-order chi connectivity index (χ1) is 10.1. The number of benzene rings is 2. The highest BCUT2D eigenvalue weighted by atomic mass is 35.5. The lowest BCUT2D eigenvalue weighted by Crippen LogP contribution is -2.02. The number of hydrogen-bond donors (Lipinski definition) is 1. The highest BCUT2D eigenvalue weighted by Gasteiger charge is 2.07. The molecule has 0 radical (unpaired) electrons. The fourth-order valence-corrected chi connectivity index (χ4v) is 2.92. The SMILES string of the molecule is Cc1cc(CNc2c(Cl)cccc2Cl)c2ccccc2n1. The van der Waals surface area contributed by atoms with E-state index in [4.69, 9.17) is 23.2 Å². The van der Waals surface area contributed by atoms with Gasteiger partial charge in [-0.1, -0.05) is 47.5 Å². The van der Waals surface area contributed by atoms with Crippen molar-refractivity contribution in [2.45, 2.75) is 13.5 Å². The fraction of sp³-hybridized carbons (Fsp3) is 0.118. The van der Waals surface area contributed by atoms with Crippen molar-refractivity contribution in [3.63, 3.8) is 0 Å². The summed E-state index contributed by atoms with van der Waals surface area (Å²) in [6.07, 6.45) is 0. The van der Waals surface area contributed by atoms with Gasteiger partial charge < -0.3 is 5.32 Å². The summed E-state index contributed by atoms with van der Waals surface area (Å²) >= 11 is 12.4. The Kier molecular flexibility index (Phi) is 4.00. The third-order valence-corrected chi connectivity index (χ3v) is 3.98. The number of rotatable bonds is 3. The van der Waals surface area contributed by atoms with E-state index >= 15 is 0 Å². The third-order valence-electron chi connectivity index (χ3n) is 3.35. The summed E-state index contributed by atoms with van der Waals surface area (Å²) in [6, 6.07) is 15.7. The van der Waals surface area contributed by atoms with E-state index in [0.717, 1.165) is 22.3 Å². The van der Waals surface area contributed by atoms with E-state index in [-0.39, 0.29) is 0 Å². The normalized spacial score (nSPS) is 10.8. The predicted molar refractivity (Wildman–Crippen MR) is 90.3 cm³/mol. The van der Waals surface area contributed by atoms with Crippen LogP contribution in [0.2, 0.25) is 10.0 Å². The van der Waals surface area contributed by atoms with Gasteiger partial charge in [0.15, 0.2) is 0 Å². The Morgan fingerprint density at radius 2 is 1.71 bits per heavy atom. The Hall–Kier alpha value is -1.77. The van der Waals surface area contributed by atoms with Crippen LogP contribution in [-0.2, 0) is 6.54 Å². The minimum Gasteiger partial charge on any atom is -0.379 e. The molecule has 0 aliphatic rings. The van der Waals surface area contributed by atoms with Crippen molar-refractivity contribution < 1.29 is 0 Å². The topological polar surface area (TPSA) is 24.9 Å². The molecule has 0 spiro atoms. The maximum atomic E-state index is 6.19. The first-order valence-corrected chi connectivity index (χ1v) is 7.44. The second kappa shape index (κ2) is 5.92.